The van der Waals surface area contributed by atoms with E-state index in [1.165, 1.54) is 12.1 Å². The molecule has 2 aromatic carbocycles. The summed E-state index contributed by atoms with van der Waals surface area (Å²) in [4.78, 5) is 1.37. The summed E-state index contributed by atoms with van der Waals surface area (Å²) in [5.41, 5.74) is 2.91. The van der Waals surface area contributed by atoms with Gasteiger partial charge in [-0.3, -0.25) is 0 Å². The van der Waals surface area contributed by atoms with E-state index < -0.39 is 8.10 Å². The van der Waals surface area contributed by atoms with Crippen LogP contribution in [-0.2, 0) is 8.10 Å². The Labute approximate surface area is 140 Å². The standard InChI is InChI=1S/C16H12AsFO2S2/c17-22(19,20)14-7-3-12(4-8-14)16-15(9-10-21-16)11-1-5-13(18)6-2-11/h1-10H,17H2. The van der Waals surface area contributed by atoms with Gasteiger partial charge in [0, 0.05) is 0 Å². The summed E-state index contributed by atoms with van der Waals surface area (Å²) < 4.78 is 36.1. The Balaban J connectivity index is 2.03. The second-order valence-electron chi connectivity index (χ2n) is 4.74. The van der Waals surface area contributed by atoms with E-state index in [0.29, 0.717) is 20.6 Å². The molecule has 0 fully saturated rings. The van der Waals surface area contributed by atoms with Gasteiger partial charge in [0.2, 0.25) is 0 Å². The molecule has 1 aromatic heterocycles. The van der Waals surface area contributed by atoms with Crippen LogP contribution in [0, 0.1) is 5.82 Å². The Kier molecular flexibility index (Phi) is 4.22. The molecule has 22 heavy (non-hydrogen) atoms. The summed E-state index contributed by atoms with van der Waals surface area (Å²) in [5, 5.41) is 1.97. The van der Waals surface area contributed by atoms with Crippen molar-refractivity contribution in [2.45, 2.75) is 4.90 Å². The van der Waals surface area contributed by atoms with Crippen molar-refractivity contribution in [2.75, 3.05) is 0 Å². The van der Waals surface area contributed by atoms with Gasteiger partial charge < -0.3 is 0 Å². The molecule has 3 rings (SSSR count). The van der Waals surface area contributed by atoms with Gasteiger partial charge in [-0.05, 0) is 0 Å². The van der Waals surface area contributed by atoms with E-state index in [1.807, 2.05) is 23.6 Å². The monoisotopic (exact) mass is 394 g/mol. The van der Waals surface area contributed by atoms with E-state index in [4.69, 9.17) is 0 Å². The Morgan fingerprint density at radius 2 is 1.45 bits per heavy atom. The minimum atomic E-state index is -3.13. The second kappa shape index (κ2) is 5.99. The normalized spacial score (nSPS) is 11.5. The molecule has 0 bridgehead atoms. The average molecular weight is 394 g/mol. The maximum absolute atomic E-state index is 13.1. The van der Waals surface area contributed by atoms with Gasteiger partial charge in [-0.15, -0.1) is 0 Å². The van der Waals surface area contributed by atoms with Crippen LogP contribution in [0.1, 0.15) is 0 Å². The maximum atomic E-state index is 13.1. The van der Waals surface area contributed by atoms with Crippen molar-refractivity contribution in [3.8, 4) is 21.6 Å². The molecule has 0 spiro atoms. The predicted molar refractivity (Wildman–Crippen MR) is 90.9 cm³/mol. The Morgan fingerprint density at radius 1 is 0.864 bits per heavy atom. The van der Waals surface area contributed by atoms with E-state index in [9.17, 15) is 12.8 Å². The molecule has 1 atom stereocenters. The predicted octanol–water partition coefficient (Wildman–Crippen LogP) is 3.54. The molecule has 0 saturated carbocycles. The van der Waals surface area contributed by atoms with Crippen molar-refractivity contribution in [3.05, 3.63) is 65.8 Å². The Hall–Kier alpha value is -1.42. The van der Waals surface area contributed by atoms with Gasteiger partial charge in [0.25, 0.3) is 0 Å². The molecule has 0 aliphatic heterocycles. The van der Waals surface area contributed by atoms with E-state index in [0.717, 1.165) is 21.6 Å². The van der Waals surface area contributed by atoms with Gasteiger partial charge in [-0.1, -0.05) is 0 Å². The second-order valence-corrected chi connectivity index (χ2v) is 11.1. The molecule has 0 radical (unpaired) electrons. The van der Waals surface area contributed by atoms with Gasteiger partial charge in [-0.25, -0.2) is 0 Å². The molecule has 0 aliphatic rings. The zero-order valence-electron chi connectivity index (χ0n) is 11.4. The van der Waals surface area contributed by atoms with Gasteiger partial charge in [0.1, 0.15) is 0 Å². The summed E-state index contributed by atoms with van der Waals surface area (Å²) in [5.74, 6) is -0.264. The fraction of sp³-hybridized carbons (Fsp3) is 0. The van der Waals surface area contributed by atoms with E-state index in [2.05, 4.69) is 0 Å². The van der Waals surface area contributed by atoms with Crippen molar-refractivity contribution in [1.82, 2.24) is 0 Å². The molecule has 2 nitrogen and oxygen atoms in total. The third-order valence-electron chi connectivity index (χ3n) is 3.27. The van der Waals surface area contributed by atoms with Gasteiger partial charge in [0.15, 0.2) is 0 Å². The number of benzene rings is 2. The summed E-state index contributed by atoms with van der Waals surface area (Å²) in [6.45, 7) is 0. The zero-order valence-corrected chi connectivity index (χ0v) is 15.4. The van der Waals surface area contributed by atoms with Crippen molar-refractivity contribution in [1.29, 1.82) is 0 Å². The van der Waals surface area contributed by atoms with E-state index in [1.54, 1.807) is 35.6 Å². The Bertz CT molecular complexity index is 898. The van der Waals surface area contributed by atoms with Crippen LogP contribution in [0.5, 0.6) is 0 Å². The third kappa shape index (κ3) is 3.17. The third-order valence-corrected chi connectivity index (χ3v) is 6.87. The molecular weight excluding hydrogens is 382 g/mol. The number of hydrogen-bond donors (Lipinski definition) is 0. The van der Waals surface area contributed by atoms with Crippen LogP contribution in [0.3, 0.4) is 0 Å². The van der Waals surface area contributed by atoms with Crippen LogP contribution in [0.4, 0.5) is 4.39 Å². The van der Waals surface area contributed by atoms with Crippen LogP contribution in [0.25, 0.3) is 21.6 Å². The van der Waals surface area contributed by atoms with E-state index in [-0.39, 0.29) is 5.82 Å². The molecule has 0 aliphatic carbocycles. The molecule has 0 N–H and O–H groups in total. The molecule has 112 valence electrons. The number of halogens is 1. The van der Waals surface area contributed by atoms with Crippen LogP contribution < -0.4 is 0 Å². The topological polar surface area (TPSA) is 34.1 Å². The van der Waals surface area contributed by atoms with Crippen LogP contribution >= 0.6 is 11.3 Å². The van der Waals surface area contributed by atoms with Crippen molar-refractivity contribution >= 4 is 35.1 Å². The van der Waals surface area contributed by atoms with Crippen LogP contribution in [0.2, 0.25) is 0 Å². The first-order valence-corrected chi connectivity index (χ1v) is 11.8. The van der Waals surface area contributed by atoms with Crippen molar-refractivity contribution in [3.63, 3.8) is 0 Å². The zero-order chi connectivity index (χ0) is 15.7. The van der Waals surface area contributed by atoms with Crippen LogP contribution in [0.15, 0.2) is 64.9 Å². The Morgan fingerprint density at radius 3 is 2.05 bits per heavy atom. The fourth-order valence-corrected chi connectivity index (χ4v) is 4.62. The number of thiophene rings is 1. The van der Waals surface area contributed by atoms with E-state index >= 15 is 0 Å². The SMILES string of the molecule is O=S(=O)([AsH2])c1ccc(-c2sccc2-c2ccc(F)cc2)cc1. The minimum absolute atomic E-state index is 0.264. The van der Waals surface area contributed by atoms with Crippen LogP contribution in [-0.4, -0.2) is 24.1 Å². The van der Waals surface area contributed by atoms with Crippen molar-refractivity contribution < 1.29 is 12.8 Å². The molecule has 0 saturated heterocycles. The molecule has 1 heterocycles. The summed E-state index contributed by atoms with van der Waals surface area (Å²) in [6, 6.07) is 15.2. The first kappa shape index (κ1) is 15.5. The number of rotatable bonds is 3. The number of hydrogen-bond acceptors (Lipinski definition) is 3. The molecule has 0 amide bonds. The summed E-state index contributed by atoms with van der Waals surface area (Å²) in [7, 11) is -3.13. The average Bonchev–Trinajstić information content (AvgIpc) is 2.97. The van der Waals surface area contributed by atoms with Gasteiger partial charge in [-0.2, -0.15) is 0 Å². The quantitative estimate of drug-likeness (QED) is 0.637. The van der Waals surface area contributed by atoms with Gasteiger partial charge in [0.05, 0.1) is 0 Å². The van der Waals surface area contributed by atoms with Crippen molar-refractivity contribution in [2.24, 2.45) is 0 Å². The van der Waals surface area contributed by atoms with Gasteiger partial charge >= 0.3 is 140 Å². The first-order valence-electron chi connectivity index (χ1n) is 6.42. The molecular formula is C16H12AsFO2S2. The summed E-state index contributed by atoms with van der Waals surface area (Å²) in [6.07, 6.45) is 0. The first-order chi connectivity index (χ1) is 10.4. The molecule has 3 aromatic rings. The fourth-order valence-electron chi connectivity index (χ4n) is 2.19. The summed E-state index contributed by atoms with van der Waals surface area (Å²) >= 11 is 2.28. The molecule has 6 heteroatoms. The molecule has 1 unspecified atom stereocenters.